The van der Waals surface area contributed by atoms with E-state index < -0.39 is 15.8 Å². The molecule has 0 fully saturated rings. The predicted octanol–water partition coefficient (Wildman–Crippen LogP) is 3.34. The van der Waals surface area contributed by atoms with Crippen molar-refractivity contribution in [3.8, 4) is 0 Å². The van der Waals surface area contributed by atoms with Gasteiger partial charge < -0.3 is 5.32 Å². The van der Waals surface area contributed by atoms with E-state index in [0.29, 0.717) is 11.6 Å². The van der Waals surface area contributed by atoms with Crippen LogP contribution in [0.25, 0.3) is 0 Å². The quantitative estimate of drug-likeness (QED) is 0.741. The first-order valence-electron chi connectivity index (χ1n) is 8.01. The van der Waals surface area contributed by atoms with Crippen LogP contribution in [-0.4, -0.2) is 27.1 Å². The lowest BCUT2D eigenvalue weighted by molar-refractivity contribution is -0.121. The first-order chi connectivity index (χ1) is 12.3. The van der Waals surface area contributed by atoms with Crippen molar-refractivity contribution in [1.82, 2.24) is 5.32 Å². The molecule has 26 heavy (non-hydrogen) atoms. The zero-order chi connectivity index (χ0) is 19.2. The van der Waals surface area contributed by atoms with Crippen LogP contribution >= 0.6 is 11.6 Å². The van der Waals surface area contributed by atoms with Crippen LogP contribution in [0.15, 0.2) is 48.5 Å². The van der Waals surface area contributed by atoms with Crippen molar-refractivity contribution in [3.63, 3.8) is 0 Å². The molecule has 0 radical (unpaired) electrons. The number of anilines is 1. The molecule has 0 aromatic heterocycles. The van der Waals surface area contributed by atoms with E-state index in [0.717, 1.165) is 16.1 Å². The van der Waals surface area contributed by atoms with Gasteiger partial charge in [-0.3, -0.25) is 9.10 Å². The van der Waals surface area contributed by atoms with Gasteiger partial charge in [0.05, 0.1) is 11.9 Å². The zero-order valence-electron chi connectivity index (χ0n) is 14.3. The molecule has 0 aliphatic heterocycles. The first-order valence-corrected chi connectivity index (χ1v) is 10.2. The van der Waals surface area contributed by atoms with Crippen molar-refractivity contribution >= 4 is 33.2 Å². The first kappa shape index (κ1) is 20.2. The summed E-state index contributed by atoms with van der Waals surface area (Å²) >= 11 is 5.80. The number of rotatable bonds is 8. The Kier molecular flexibility index (Phi) is 6.99. The van der Waals surface area contributed by atoms with Crippen molar-refractivity contribution in [2.24, 2.45) is 0 Å². The highest BCUT2D eigenvalue weighted by Gasteiger charge is 2.20. The highest BCUT2D eigenvalue weighted by Crippen LogP contribution is 2.21. The molecule has 2 aromatic carbocycles. The lowest BCUT2D eigenvalue weighted by Gasteiger charge is -2.22. The molecular weight excluding hydrogens is 379 g/mol. The van der Waals surface area contributed by atoms with Gasteiger partial charge in [0.15, 0.2) is 0 Å². The Morgan fingerprint density at radius 1 is 1.15 bits per heavy atom. The van der Waals surface area contributed by atoms with Crippen molar-refractivity contribution in [1.29, 1.82) is 0 Å². The van der Waals surface area contributed by atoms with Crippen LogP contribution in [0.2, 0.25) is 5.02 Å². The zero-order valence-corrected chi connectivity index (χ0v) is 15.9. The molecule has 1 amide bonds. The minimum Gasteiger partial charge on any atom is -0.352 e. The molecule has 0 atom stereocenters. The van der Waals surface area contributed by atoms with E-state index in [4.69, 9.17) is 11.6 Å². The van der Waals surface area contributed by atoms with Gasteiger partial charge in [-0.15, -0.1) is 0 Å². The average molecular weight is 399 g/mol. The molecule has 2 rings (SSSR count). The molecule has 5 nitrogen and oxygen atoms in total. The minimum absolute atomic E-state index is 0.0171. The molecule has 2 aromatic rings. The molecule has 0 saturated heterocycles. The number of carbonyl (C=O) groups is 1. The second-order valence-electron chi connectivity index (χ2n) is 5.79. The van der Waals surface area contributed by atoms with E-state index in [1.54, 1.807) is 18.2 Å². The number of sulfonamides is 1. The summed E-state index contributed by atoms with van der Waals surface area (Å²) in [5.41, 5.74) is 0.892. The third kappa shape index (κ3) is 6.00. The van der Waals surface area contributed by atoms with Crippen LogP contribution in [-0.2, 0) is 21.4 Å². The maximum absolute atomic E-state index is 13.9. The third-order valence-corrected chi connectivity index (χ3v) is 5.12. The summed E-state index contributed by atoms with van der Waals surface area (Å²) in [6.07, 6.45) is 1.42. The summed E-state index contributed by atoms with van der Waals surface area (Å²) in [7, 11) is -3.65. The summed E-state index contributed by atoms with van der Waals surface area (Å²) < 4.78 is 38.8. The van der Waals surface area contributed by atoms with Crippen LogP contribution in [0.4, 0.5) is 10.1 Å². The summed E-state index contributed by atoms with van der Waals surface area (Å²) in [5.74, 6) is -0.827. The monoisotopic (exact) mass is 398 g/mol. The molecule has 0 unspecified atom stereocenters. The number of benzene rings is 2. The van der Waals surface area contributed by atoms with Gasteiger partial charge in [0.1, 0.15) is 5.82 Å². The number of halogens is 2. The standard InChI is InChI=1S/C18H20ClFN2O3S/c1-26(24,25)22(17-6-3-2-5-16(17)20)12-4-7-18(23)21-13-14-8-10-15(19)11-9-14/h2-3,5-6,8-11H,4,7,12-13H2,1H3,(H,21,23). The van der Waals surface area contributed by atoms with E-state index in [1.165, 1.54) is 18.2 Å². The number of carbonyl (C=O) groups excluding carboxylic acids is 1. The van der Waals surface area contributed by atoms with E-state index in [-0.39, 0.29) is 31.0 Å². The van der Waals surface area contributed by atoms with Gasteiger partial charge in [0.25, 0.3) is 0 Å². The molecule has 0 bridgehead atoms. The molecule has 0 heterocycles. The van der Waals surface area contributed by atoms with E-state index >= 15 is 0 Å². The van der Waals surface area contributed by atoms with E-state index in [1.807, 2.05) is 12.1 Å². The van der Waals surface area contributed by atoms with Crippen molar-refractivity contribution in [2.75, 3.05) is 17.1 Å². The van der Waals surface area contributed by atoms with Gasteiger partial charge in [0, 0.05) is 24.5 Å². The summed E-state index contributed by atoms with van der Waals surface area (Å²) in [5, 5.41) is 3.38. The molecule has 0 spiro atoms. The second kappa shape index (κ2) is 9.00. The molecular formula is C18H20ClFN2O3S. The largest absolute Gasteiger partial charge is 0.352 e. The van der Waals surface area contributed by atoms with Crippen LogP contribution in [0.1, 0.15) is 18.4 Å². The highest BCUT2D eigenvalue weighted by molar-refractivity contribution is 7.92. The lowest BCUT2D eigenvalue weighted by atomic mass is 10.2. The van der Waals surface area contributed by atoms with Gasteiger partial charge in [-0.25, -0.2) is 12.8 Å². The van der Waals surface area contributed by atoms with Crippen LogP contribution < -0.4 is 9.62 Å². The number of nitrogens with zero attached hydrogens (tertiary/aromatic N) is 1. The Morgan fingerprint density at radius 3 is 2.42 bits per heavy atom. The smallest absolute Gasteiger partial charge is 0.232 e. The Hall–Kier alpha value is -2.12. The number of amides is 1. The third-order valence-electron chi connectivity index (χ3n) is 3.69. The molecule has 1 N–H and O–H groups in total. The van der Waals surface area contributed by atoms with Crippen LogP contribution in [0.3, 0.4) is 0 Å². The number of hydrogen-bond donors (Lipinski definition) is 1. The normalized spacial score (nSPS) is 11.2. The Bertz CT molecular complexity index is 857. The Balaban J connectivity index is 1.88. The van der Waals surface area contributed by atoms with Crippen molar-refractivity contribution in [2.45, 2.75) is 19.4 Å². The SMILES string of the molecule is CS(=O)(=O)N(CCCC(=O)NCc1ccc(Cl)cc1)c1ccccc1F. The maximum atomic E-state index is 13.9. The average Bonchev–Trinajstić information content (AvgIpc) is 2.58. The molecule has 8 heteroatoms. The van der Waals surface area contributed by atoms with Gasteiger partial charge in [-0.2, -0.15) is 0 Å². The second-order valence-corrected chi connectivity index (χ2v) is 8.14. The number of nitrogens with one attached hydrogen (secondary N) is 1. The Morgan fingerprint density at radius 2 is 1.81 bits per heavy atom. The maximum Gasteiger partial charge on any atom is 0.232 e. The molecule has 0 aliphatic rings. The van der Waals surface area contributed by atoms with Gasteiger partial charge in [-0.1, -0.05) is 35.9 Å². The number of hydrogen-bond acceptors (Lipinski definition) is 3. The van der Waals surface area contributed by atoms with Crippen LogP contribution in [0, 0.1) is 5.82 Å². The number of para-hydroxylation sites is 1. The predicted molar refractivity (Wildman–Crippen MR) is 101 cm³/mol. The fraction of sp³-hybridized carbons (Fsp3) is 0.278. The summed E-state index contributed by atoms with van der Waals surface area (Å²) in [6.45, 7) is 0.382. The van der Waals surface area contributed by atoms with Gasteiger partial charge >= 0.3 is 0 Å². The highest BCUT2D eigenvalue weighted by atomic mass is 35.5. The topological polar surface area (TPSA) is 66.5 Å². The van der Waals surface area contributed by atoms with E-state index in [2.05, 4.69) is 5.32 Å². The fourth-order valence-electron chi connectivity index (χ4n) is 2.39. The summed E-state index contributed by atoms with van der Waals surface area (Å²) in [4.78, 5) is 11.9. The minimum atomic E-state index is -3.65. The van der Waals surface area contributed by atoms with Crippen molar-refractivity contribution in [3.05, 3.63) is 64.9 Å². The van der Waals surface area contributed by atoms with Crippen LogP contribution in [0.5, 0.6) is 0 Å². The molecule has 0 aliphatic carbocycles. The molecule has 140 valence electrons. The van der Waals surface area contributed by atoms with Crippen molar-refractivity contribution < 1.29 is 17.6 Å². The Labute approximate surface area is 157 Å². The van der Waals surface area contributed by atoms with Gasteiger partial charge in [0.2, 0.25) is 15.9 Å². The molecule has 0 saturated carbocycles. The van der Waals surface area contributed by atoms with E-state index in [9.17, 15) is 17.6 Å². The lowest BCUT2D eigenvalue weighted by Crippen LogP contribution is -2.32. The summed E-state index contributed by atoms with van der Waals surface area (Å²) in [6, 6.07) is 12.8. The van der Waals surface area contributed by atoms with Gasteiger partial charge in [-0.05, 0) is 36.2 Å². The fourth-order valence-corrected chi connectivity index (χ4v) is 3.49.